The van der Waals surface area contributed by atoms with Crippen molar-refractivity contribution in [1.82, 2.24) is 0 Å². The summed E-state index contributed by atoms with van der Waals surface area (Å²) >= 11 is 0. The fraction of sp³-hybridized carbons (Fsp3) is 0.895. The van der Waals surface area contributed by atoms with E-state index in [0.717, 1.165) is 19.4 Å². The summed E-state index contributed by atoms with van der Waals surface area (Å²) in [7, 11) is 0. The highest BCUT2D eigenvalue weighted by Crippen LogP contribution is 2.20. The second-order valence-electron chi connectivity index (χ2n) is 6.52. The van der Waals surface area contributed by atoms with E-state index in [-0.39, 0.29) is 0 Å². The smallest absolute Gasteiger partial charge is 0.204 e. The number of hydrogen-bond donors (Lipinski definition) is 0. The summed E-state index contributed by atoms with van der Waals surface area (Å²) in [6.07, 6.45) is 19.7. The van der Waals surface area contributed by atoms with Crippen molar-refractivity contribution in [3.05, 3.63) is 6.42 Å². The van der Waals surface area contributed by atoms with Crippen LogP contribution in [0.25, 0.3) is 0 Å². The van der Waals surface area contributed by atoms with E-state index in [2.05, 4.69) is 6.42 Å². The molecule has 0 aromatic heterocycles. The Morgan fingerprint density at radius 2 is 1.59 bits per heavy atom. The monoisotopic (exact) mass is 312 g/mol. The Morgan fingerprint density at radius 1 is 1.00 bits per heavy atom. The molecule has 1 atom stereocenters. The summed E-state index contributed by atoms with van der Waals surface area (Å²) in [4.78, 5) is 10.4. The van der Waals surface area contributed by atoms with Gasteiger partial charge in [0.1, 0.15) is 0 Å². The molecule has 0 aromatic rings. The number of hydrogen-bond acceptors (Lipinski definition) is 2. The minimum absolute atomic E-state index is 0.484. The lowest BCUT2D eigenvalue weighted by Gasteiger charge is -2.21. The van der Waals surface area contributed by atoms with Crippen molar-refractivity contribution < 1.29 is 13.9 Å². The molecule has 1 fully saturated rings. The summed E-state index contributed by atoms with van der Waals surface area (Å²) in [5, 5.41) is 0. The van der Waals surface area contributed by atoms with Crippen LogP contribution < -0.4 is 0 Å². The van der Waals surface area contributed by atoms with Gasteiger partial charge in [0.25, 0.3) is 0 Å². The molecule has 0 heterocycles. The number of alkyl halides is 1. The quantitative estimate of drug-likeness (QED) is 0.404. The first-order valence-electron chi connectivity index (χ1n) is 9.23. The normalized spacial score (nSPS) is 17.5. The third-order valence-corrected chi connectivity index (χ3v) is 4.54. The molecular weight excluding hydrogens is 279 g/mol. The van der Waals surface area contributed by atoms with Crippen molar-refractivity contribution in [1.29, 1.82) is 0 Å². The Morgan fingerprint density at radius 3 is 2.18 bits per heavy atom. The van der Waals surface area contributed by atoms with Crippen molar-refractivity contribution in [2.75, 3.05) is 13.3 Å². The highest BCUT2D eigenvalue weighted by Gasteiger charge is 2.13. The van der Waals surface area contributed by atoms with Gasteiger partial charge in [0, 0.05) is 6.61 Å². The van der Waals surface area contributed by atoms with Crippen molar-refractivity contribution >= 4 is 6.29 Å². The van der Waals surface area contributed by atoms with Crippen LogP contribution in [0.4, 0.5) is 4.39 Å². The lowest BCUT2D eigenvalue weighted by atomic mass is 9.98. The zero-order chi connectivity index (χ0) is 15.9. The fourth-order valence-electron chi connectivity index (χ4n) is 3.03. The van der Waals surface area contributed by atoms with Crippen LogP contribution in [0, 0.1) is 12.3 Å². The third kappa shape index (κ3) is 10.3. The van der Waals surface area contributed by atoms with Crippen LogP contribution in [0.15, 0.2) is 0 Å². The first-order chi connectivity index (χ1) is 10.9. The highest BCUT2D eigenvalue weighted by molar-refractivity contribution is 5.54. The Hall–Kier alpha value is -0.440. The summed E-state index contributed by atoms with van der Waals surface area (Å²) in [6.45, 7) is 0.377. The SMILES string of the molecule is O=[C]C(CF)CCCCCCCCCCOC1CC[CH]CC1. The van der Waals surface area contributed by atoms with Crippen molar-refractivity contribution in [2.45, 2.75) is 89.6 Å². The number of rotatable bonds is 14. The van der Waals surface area contributed by atoms with E-state index in [4.69, 9.17) is 4.74 Å². The lowest BCUT2D eigenvalue weighted by molar-refractivity contribution is 0.0326. The van der Waals surface area contributed by atoms with Crippen LogP contribution in [0.1, 0.15) is 83.5 Å². The summed E-state index contributed by atoms with van der Waals surface area (Å²) in [6, 6.07) is 0. The molecule has 1 unspecified atom stereocenters. The zero-order valence-electron chi connectivity index (χ0n) is 14.0. The predicted molar refractivity (Wildman–Crippen MR) is 89.2 cm³/mol. The predicted octanol–water partition coefficient (Wildman–Crippen LogP) is 5.36. The molecular formula is C19H33FO2. The molecule has 0 saturated heterocycles. The maximum atomic E-state index is 12.3. The van der Waals surface area contributed by atoms with Gasteiger partial charge >= 0.3 is 0 Å². The van der Waals surface area contributed by atoms with Gasteiger partial charge < -0.3 is 4.74 Å². The Kier molecular flexibility index (Phi) is 12.6. The fourth-order valence-corrected chi connectivity index (χ4v) is 3.03. The molecule has 0 aliphatic heterocycles. The van der Waals surface area contributed by atoms with E-state index in [1.165, 1.54) is 64.2 Å². The van der Waals surface area contributed by atoms with Crippen LogP contribution in [0.3, 0.4) is 0 Å². The molecule has 128 valence electrons. The number of ether oxygens (including phenoxy) is 1. The van der Waals surface area contributed by atoms with Gasteiger partial charge in [0.05, 0.1) is 18.7 Å². The molecule has 0 N–H and O–H groups in total. The molecule has 3 heteroatoms. The highest BCUT2D eigenvalue weighted by atomic mass is 19.1. The van der Waals surface area contributed by atoms with Gasteiger partial charge in [0.15, 0.2) is 0 Å². The summed E-state index contributed by atoms with van der Waals surface area (Å²) in [5.74, 6) is -0.484. The number of carbonyl (C=O) groups excluding carboxylic acids is 1. The minimum atomic E-state index is -0.551. The standard InChI is InChI=1S/C19H33FO2/c20-16-18(17-21)12-8-5-3-1-2-4-6-11-15-22-19-13-9-7-10-14-19/h7,18-19H,1-6,8-16H2. The van der Waals surface area contributed by atoms with Gasteiger partial charge in [-0.3, -0.25) is 9.18 Å². The molecule has 0 aromatic carbocycles. The van der Waals surface area contributed by atoms with Gasteiger partial charge in [-0.15, -0.1) is 0 Å². The Labute approximate surface area is 136 Å². The van der Waals surface area contributed by atoms with Crippen molar-refractivity contribution in [2.24, 2.45) is 5.92 Å². The van der Waals surface area contributed by atoms with E-state index in [1.54, 1.807) is 6.29 Å². The van der Waals surface area contributed by atoms with Gasteiger partial charge in [-0.2, -0.15) is 0 Å². The average molecular weight is 312 g/mol. The van der Waals surface area contributed by atoms with E-state index in [0.29, 0.717) is 12.5 Å². The van der Waals surface area contributed by atoms with E-state index < -0.39 is 12.6 Å². The topological polar surface area (TPSA) is 26.3 Å². The molecule has 1 aliphatic carbocycles. The first kappa shape index (κ1) is 19.6. The van der Waals surface area contributed by atoms with Crippen molar-refractivity contribution in [3.8, 4) is 0 Å². The third-order valence-electron chi connectivity index (χ3n) is 4.54. The summed E-state index contributed by atoms with van der Waals surface area (Å²) in [5.41, 5.74) is 0. The van der Waals surface area contributed by atoms with Crippen LogP contribution in [-0.2, 0) is 9.53 Å². The van der Waals surface area contributed by atoms with Crippen LogP contribution >= 0.6 is 0 Å². The lowest BCUT2D eigenvalue weighted by Crippen LogP contribution is -2.17. The Bertz CT molecular complexity index is 252. The number of unbranched alkanes of at least 4 members (excludes halogenated alkanes) is 7. The minimum Gasteiger partial charge on any atom is -0.378 e. The van der Waals surface area contributed by atoms with E-state index >= 15 is 0 Å². The van der Waals surface area contributed by atoms with Crippen LogP contribution in [0.5, 0.6) is 0 Å². The maximum Gasteiger partial charge on any atom is 0.204 e. The van der Waals surface area contributed by atoms with Gasteiger partial charge in [-0.1, -0.05) is 44.9 Å². The molecule has 2 radical (unpaired) electrons. The molecule has 22 heavy (non-hydrogen) atoms. The van der Waals surface area contributed by atoms with Crippen molar-refractivity contribution in [3.63, 3.8) is 0 Å². The van der Waals surface area contributed by atoms with Crippen LogP contribution in [0.2, 0.25) is 0 Å². The second kappa shape index (κ2) is 14.2. The van der Waals surface area contributed by atoms with Crippen LogP contribution in [-0.4, -0.2) is 25.7 Å². The summed E-state index contributed by atoms with van der Waals surface area (Å²) < 4.78 is 18.2. The van der Waals surface area contributed by atoms with Gasteiger partial charge in [-0.25, -0.2) is 0 Å². The molecule has 0 spiro atoms. The second-order valence-corrected chi connectivity index (χ2v) is 6.52. The number of halogens is 1. The molecule has 0 bridgehead atoms. The molecule has 2 nitrogen and oxygen atoms in total. The molecule has 0 amide bonds. The van der Waals surface area contributed by atoms with E-state index in [1.807, 2.05) is 0 Å². The largest absolute Gasteiger partial charge is 0.378 e. The van der Waals surface area contributed by atoms with Gasteiger partial charge in [0.2, 0.25) is 6.29 Å². The first-order valence-corrected chi connectivity index (χ1v) is 9.23. The zero-order valence-corrected chi connectivity index (χ0v) is 14.0. The molecule has 1 aliphatic rings. The molecule has 1 saturated carbocycles. The Balaban J connectivity index is 1.75. The molecule has 1 rings (SSSR count). The van der Waals surface area contributed by atoms with E-state index in [9.17, 15) is 9.18 Å². The van der Waals surface area contributed by atoms with Gasteiger partial charge in [-0.05, 0) is 44.9 Å². The maximum absolute atomic E-state index is 12.3. The average Bonchev–Trinajstić information content (AvgIpc) is 2.57.